The number of hydrogen-bond acceptors (Lipinski definition) is 5. The zero-order valence-corrected chi connectivity index (χ0v) is 14.2. The van der Waals surface area contributed by atoms with Crippen LogP contribution in [0.25, 0.3) is 0 Å². The summed E-state index contributed by atoms with van der Waals surface area (Å²) in [5.74, 6) is 0.920. The highest BCUT2D eigenvalue weighted by atomic mass is 16.5. The third-order valence-corrected chi connectivity index (χ3v) is 3.44. The predicted octanol–water partition coefficient (Wildman–Crippen LogP) is 2.56. The molecule has 1 fully saturated rings. The topological polar surface area (TPSA) is 50.5 Å². The molecule has 0 radical (unpaired) electrons. The van der Waals surface area contributed by atoms with E-state index in [1.807, 2.05) is 6.07 Å². The van der Waals surface area contributed by atoms with E-state index in [0.29, 0.717) is 6.04 Å². The Morgan fingerprint density at radius 2 is 1.86 bits per heavy atom. The fraction of sp³-hybridized carbons (Fsp3) is 0.812. The number of rotatable bonds is 5. The van der Waals surface area contributed by atoms with Crippen LogP contribution >= 0.6 is 0 Å². The van der Waals surface area contributed by atoms with E-state index in [1.165, 1.54) is 0 Å². The van der Waals surface area contributed by atoms with E-state index >= 15 is 0 Å². The number of nitrogens with zero attached hydrogens (tertiary/aromatic N) is 2. The van der Waals surface area contributed by atoms with Crippen LogP contribution in [0.4, 0.5) is 0 Å². The second kappa shape index (κ2) is 6.07. The summed E-state index contributed by atoms with van der Waals surface area (Å²) < 4.78 is 11.6. The summed E-state index contributed by atoms with van der Waals surface area (Å²) >= 11 is 0. The van der Waals surface area contributed by atoms with Crippen molar-refractivity contribution in [1.82, 2.24) is 15.4 Å². The Bertz CT molecular complexity index is 450. The summed E-state index contributed by atoms with van der Waals surface area (Å²) in [5, 5.41) is 7.48. The summed E-state index contributed by atoms with van der Waals surface area (Å²) in [6, 6.07) is 2.50. The van der Waals surface area contributed by atoms with Crippen molar-refractivity contribution in [1.29, 1.82) is 0 Å². The van der Waals surface area contributed by atoms with Crippen molar-refractivity contribution in [2.24, 2.45) is 0 Å². The third-order valence-electron chi connectivity index (χ3n) is 3.44. The second-order valence-corrected chi connectivity index (χ2v) is 7.59. The van der Waals surface area contributed by atoms with E-state index in [0.717, 1.165) is 37.6 Å². The van der Waals surface area contributed by atoms with Gasteiger partial charge in [0.25, 0.3) is 0 Å². The maximum absolute atomic E-state index is 6.10. The Kier molecular flexibility index (Phi) is 4.76. The molecule has 2 rings (SSSR count). The normalized spacial score (nSPS) is 21.9. The summed E-state index contributed by atoms with van der Waals surface area (Å²) in [6.07, 6.45) is 0. The van der Waals surface area contributed by atoms with Gasteiger partial charge in [-0.05, 0) is 27.7 Å². The molecule has 5 nitrogen and oxygen atoms in total. The lowest BCUT2D eigenvalue weighted by Gasteiger charge is -2.46. The van der Waals surface area contributed by atoms with Crippen molar-refractivity contribution in [3.63, 3.8) is 0 Å². The summed E-state index contributed by atoms with van der Waals surface area (Å²) in [5.41, 5.74) is 0.693. The first-order valence-electron chi connectivity index (χ1n) is 7.76. The van der Waals surface area contributed by atoms with Gasteiger partial charge in [0, 0.05) is 31.7 Å². The monoisotopic (exact) mass is 295 g/mol. The maximum Gasteiger partial charge on any atom is 0.151 e. The van der Waals surface area contributed by atoms with Gasteiger partial charge in [0.15, 0.2) is 5.76 Å². The fourth-order valence-electron chi connectivity index (χ4n) is 3.10. The van der Waals surface area contributed by atoms with Crippen LogP contribution in [-0.2, 0) is 17.8 Å². The first-order chi connectivity index (χ1) is 9.65. The zero-order chi connectivity index (χ0) is 15.7. The fourth-order valence-corrected chi connectivity index (χ4v) is 3.10. The molecule has 1 aliphatic rings. The average Bonchev–Trinajstić information content (AvgIpc) is 2.69. The Balaban J connectivity index is 1.95. The maximum atomic E-state index is 6.10. The second-order valence-electron chi connectivity index (χ2n) is 7.59. The van der Waals surface area contributed by atoms with Crippen molar-refractivity contribution in [2.45, 2.75) is 71.9 Å². The van der Waals surface area contributed by atoms with Gasteiger partial charge in [0.2, 0.25) is 0 Å². The number of ether oxygens (including phenoxy) is 1. The molecule has 0 aliphatic carbocycles. The molecule has 0 saturated carbocycles. The molecule has 1 N–H and O–H groups in total. The smallest absolute Gasteiger partial charge is 0.151 e. The number of morpholine rings is 1. The molecule has 0 spiro atoms. The van der Waals surface area contributed by atoms with Crippen molar-refractivity contribution in [3.8, 4) is 0 Å². The van der Waals surface area contributed by atoms with Gasteiger partial charge in [0.1, 0.15) is 0 Å². The minimum atomic E-state index is -0.135. The summed E-state index contributed by atoms with van der Waals surface area (Å²) in [6.45, 7) is 16.1. The van der Waals surface area contributed by atoms with Crippen LogP contribution in [0, 0.1) is 0 Å². The van der Waals surface area contributed by atoms with Gasteiger partial charge < -0.3 is 14.6 Å². The molecule has 0 amide bonds. The lowest BCUT2D eigenvalue weighted by atomic mass is 9.99. The molecule has 120 valence electrons. The first kappa shape index (κ1) is 16.5. The Morgan fingerprint density at radius 3 is 2.43 bits per heavy atom. The van der Waals surface area contributed by atoms with Crippen LogP contribution in [0.1, 0.15) is 53.0 Å². The van der Waals surface area contributed by atoms with Gasteiger partial charge in [-0.25, -0.2) is 0 Å². The Morgan fingerprint density at radius 1 is 1.24 bits per heavy atom. The van der Waals surface area contributed by atoms with Crippen molar-refractivity contribution >= 4 is 0 Å². The van der Waals surface area contributed by atoms with Crippen LogP contribution in [0.15, 0.2) is 10.6 Å². The number of hydrogen-bond donors (Lipinski definition) is 1. The van der Waals surface area contributed by atoms with Crippen molar-refractivity contribution < 1.29 is 9.26 Å². The highest BCUT2D eigenvalue weighted by Gasteiger charge is 2.38. The molecule has 0 atom stereocenters. The summed E-state index contributed by atoms with van der Waals surface area (Å²) in [7, 11) is 0. The molecule has 0 bridgehead atoms. The molecule has 1 aromatic rings. The van der Waals surface area contributed by atoms with E-state index in [2.05, 4.69) is 56.9 Å². The van der Waals surface area contributed by atoms with Crippen LogP contribution in [-0.4, -0.2) is 40.4 Å². The van der Waals surface area contributed by atoms with Crippen molar-refractivity contribution in [2.75, 3.05) is 13.1 Å². The molecule has 0 unspecified atom stereocenters. The quantitative estimate of drug-likeness (QED) is 0.905. The molecule has 2 heterocycles. The van der Waals surface area contributed by atoms with Crippen LogP contribution in [0.5, 0.6) is 0 Å². The van der Waals surface area contributed by atoms with E-state index in [-0.39, 0.29) is 11.2 Å². The molecule has 5 heteroatoms. The number of nitrogens with one attached hydrogen (secondary N) is 1. The number of aromatic nitrogens is 1. The van der Waals surface area contributed by atoms with E-state index in [1.54, 1.807) is 0 Å². The van der Waals surface area contributed by atoms with Crippen LogP contribution in [0.3, 0.4) is 0 Å². The van der Waals surface area contributed by atoms with Crippen molar-refractivity contribution in [3.05, 3.63) is 17.5 Å². The van der Waals surface area contributed by atoms with Crippen LogP contribution < -0.4 is 5.32 Å². The van der Waals surface area contributed by atoms with Gasteiger partial charge in [0.05, 0.1) is 23.4 Å². The lowest BCUT2D eigenvalue weighted by Crippen LogP contribution is -2.56. The minimum absolute atomic E-state index is 0.135. The highest BCUT2D eigenvalue weighted by Crippen LogP contribution is 2.28. The van der Waals surface area contributed by atoms with Crippen LogP contribution in [0.2, 0.25) is 0 Å². The SMILES string of the molecule is CC(C)NCc1cc(CN2CC(C)(C)OC(C)(C)C2)on1. The molecular weight excluding hydrogens is 266 g/mol. The summed E-state index contributed by atoms with van der Waals surface area (Å²) in [4.78, 5) is 2.38. The van der Waals surface area contributed by atoms with Gasteiger partial charge in [-0.3, -0.25) is 4.90 Å². The first-order valence-corrected chi connectivity index (χ1v) is 7.76. The zero-order valence-electron chi connectivity index (χ0n) is 14.2. The standard InChI is InChI=1S/C16H29N3O2/c1-12(2)17-8-13-7-14(20-18-13)9-19-10-15(3,4)21-16(5,6)11-19/h7,12,17H,8-11H2,1-6H3. The third kappa shape index (κ3) is 5.09. The Labute approximate surface area is 128 Å². The van der Waals surface area contributed by atoms with Gasteiger partial charge in [-0.1, -0.05) is 19.0 Å². The van der Waals surface area contributed by atoms with Gasteiger partial charge in [-0.2, -0.15) is 0 Å². The largest absolute Gasteiger partial charge is 0.367 e. The van der Waals surface area contributed by atoms with E-state index < -0.39 is 0 Å². The molecule has 0 aromatic carbocycles. The van der Waals surface area contributed by atoms with E-state index in [9.17, 15) is 0 Å². The molecule has 21 heavy (non-hydrogen) atoms. The molecule has 1 aromatic heterocycles. The highest BCUT2D eigenvalue weighted by molar-refractivity contribution is 5.06. The van der Waals surface area contributed by atoms with E-state index in [4.69, 9.17) is 9.26 Å². The Hall–Kier alpha value is -0.910. The molecule has 1 aliphatic heterocycles. The molecular formula is C16H29N3O2. The van der Waals surface area contributed by atoms with Gasteiger partial charge >= 0.3 is 0 Å². The predicted molar refractivity (Wildman–Crippen MR) is 83.0 cm³/mol. The molecule has 1 saturated heterocycles. The minimum Gasteiger partial charge on any atom is -0.367 e. The lowest BCUT2D eigenvalue weighted by molar-refractivity contribution is -0.182. The van der Waals surface area contributed by atoms with Gasteiger partial charge in [-0.15, -0.1) is 0 Å². The average molecular weight is 295 g/mol.